The zero-order chi connectivity index (χ0) is 34.7. The van der Waals surface area contributed by atoms with Crippen molar-refractivity contribution in [3.05, 3.63) is 93.0 Å². The fourth-order valence-electron chi connectivity index (χ4n) is 4.88. The Labute approximate surface area is 268 Å². The number of phenols is 4. The maximum Gasteiger partial charge on any atom is 0.347 e. The maximum absolute atomic E-state index is 13.0. The molecule has 0 aliphatic heterocycles. The molecule has 0 atom stereocenters. The SMILES string of the molecule is COC(=O)c1c(C)cc(OC(=O)c2c(C)cc(OC(=O)c3c(C)cc(OC(=O)c4c(C)cc(OC)cc4O)cc3O)cc2O)cc1O. The standard InChI is InChI=1S/C34H30O13/c1-15-7-19(43-5)11-23(35)28(15)32(40)46-21-9-17(3)30(25(37)13-21)34(42)47-22-10-18(4)29(26(38)14-22)33(41)45-20-8-16(2)27(24(36)12-20)31(39)44-6/h7-14,35-38H,1-6H3. The molecule has 244 valence electrons. The number of hydrogen-bond acceptors (Lipinski definition) is 13. The quantitative estimate of drug-likeness (QED) is 0.144. The summed E-state index contributed by atoms with van der Waals surface area (Å²) < 4.78 is 25.7. The topological polar surface area (TPSA) is 195 Å². The van der Waals surface area contributed by atoms with Gasteiger partial charge >= 0.3 is 23.9 Å². The van der Waals surface area contributed by atoms with Gasteiger partial charge < -0.3 is 44.1 Å². The number of rotatable bonds is 8. The molecule has 0 aromatic heterocycles. The van der Waals surface area contributed by atoms with Crippen molar-refractivity contribution in [2.24, 2.45) is 0 Å². The van der Waals surface area contributed by atoms with Gasteiger partial charge in [-0.3, -0.25) is 0 Å². The second-order valence-corrected chi connectivity index (χ2v) is 10.4. The number of aryl methyl sites for hydroxylation is 4. The van der Waals surface area contributed by atoms with Gasteiger partial charge in [-0.15, -0.1) is 0 Å². The van der Waals surface area contributed by atoms with E-state index in [0.29, 0.717) is 11.3 Å². The molecule has 0 aliphatic rings. The van der Waals surface area contributed by atoms with Crippen LogP contribution in [0, 0.1) is 27.7 Å². The molecular weight excluding hydrogens is 616 g/mol. The van der Waals surface area contributed by atoms with Crippen molar-refractivity contribution in [1.29, 1.82) is 0 Å². The number of ether oxygens (including phenoxy) is 5. The molecule has 0 saturated carbocycles. The summed E-state index contributed by atoms with van der Waals surface area (Å²) in [7, 11) is 2.56. The van der Waals surface area contributed by atoms with E-state index in [1.165, 1.54) is 58.2 Å². The first-order chi connectivity index (χ1) is 22.1. The number of benzene rings is 4. The fraction of sp³-hybridized carbons (Fsp3) is 0.176. The van der Waals surface area contributed by atoms with Crippen LogP contribution in [0.4, 0.5) is 0 Å². The summed E-state index contributed by atoms with van der Waals surface area (Å²) >= 11 is 0. The lowest BCUT2D eigenvalue weighted by Crippen LogP contribution is -2.14. The zero-order valence-electron chi connectivity index (χ0n) is 26.1. The highest BCUT2D eigenvalue weighted by Crippen LogP contribution is 2.35. The molecule has 47 heavy (non-hydrogen) atoms. The van der Waals surface area contributed by atoms with Crippen LogP contribution in [0.15, 0.2) is 48.5 Å². The molecule has 0 bridgehead atoms. The van der Waals surface area contributed by atoms with E-state index in [-0.39, 0.29) is 61.9 Å². The van der Waals surface area contributed by atoms with Gasteiger partial charge in [-0.25, -0.2) is 19.2 Å². The van der Waals surface area contributed by atoms with Crippen molar-refractivity contribution < 1.29 is 63.3 Å². The molecule has 13 heteroatoms. The number of hydrogen-bond donors (Lipinski definition) is 4. The molecule has 4 rings (SSSR count). The highest BCUT2D eigenvalue weighted by Gasteiger charge is 2.25. The smallest absolute Gasteiger partial charge is 0.347 e. The van der Waals surface area contributed by atoms with Crippen LogP contribution in [0.3, 0.4) is 0 Å². The number of esters is 4. The first-order valence-electron chi connectivity index (χ1n) is 13.8. The van der Waals surface area contributed by atoms with Crippen molar-refractivity contribution in [2.45, 2.75) is 27.7 Å². The Morgan fingerprint density at radius 2 is 0.681 bits per heavy atom. The maximum atomic E-state index is 13.0. The summed E-state index contributed by atoms with van der Waals surface area (Å²) in [4.78, 5) is 50.6. The molecule has 0 amide bonds. The molecule has 4 aromatic rings. The Morgan fingerprint density at radius 1 is 0.426 bits per heavy atom. The number of carbonyl (C=O) groups excluding carboxylic acids is 4. The first kappa shape index (κ1) is 33.6. The molecule has 0 heterocycles. The van der Waals surface area contributed by atoms with Crippen LogP contribution >= 0.6 is 0 Å². The van der Waals surface area contributed by atoms with Crippen molar-refractivity contribution in [3.8, 4) is 46.0 Å². The van der Waals surface area contributed by atoms with E-state index in [9.17, 15) is 39.6 Å². The molecule has 0 spiro atoms. The minimum absolute atomic E-state index is 0.0987. The summed E-state index contributed by atoms with van der Waals surface area (Å²) in [5.74, 6) is -5.77. The van der Waals surface area contributed by atoms with Crippen LogP contribution in [-0.2, 0) is 4.74 Å². The van der Waals surface area contributed by atoms with Gasteiger partial charge in [-0.1, -0.05) is 0 Å². The second kappa shape index (κ2) is 13.4. The van der Waals surface area contributed by atoms with E-state index in [1.54, 1.807) is 6.92 Å². The summed E-state index contributed by atoms with van der Waals surface area (Å²) in [6, 6.07) is 9.77. The van der Waals surface area contributed by atoms with E-state index in [1.807, 2.05) is 0 Å². The third kappa shape index (κ3) is 7.04. The molecule has 13 nitrogen and oxygen atoms in total. The summed E-state index contributed by atoms with van der Waals surface area (Å²) in [5, 5.41) is 41.7. The van der Waals surface area contributed by atoms with Crippen LogP contribution in [0.1, 0.15) is 63.7 Å². The average molecular weight is 647 g/mol. The Bertz CT molecular complexity index is 1850. The molecule has 4 N–H and O–H groups in total. The molecule has 4 aromatic carbocycles. The van der Waals surface area contributed by atoms with Gasteiger partial charge in [0, 0.05) is 24.3 Å². The normalized spacial score (nSPS) is 10.6. The van der Waals surface area contributed by atoms with Gasteiger partial charge in [-0.2, -0.15) is 0 Å². The fourth-order valence-corrected chi connectivity index (χ4v) is 4.88. The second-order valence-electron chi connectivity index (χ2n) is 10.4. The van der Waals surface area contributed by atoms with Gasteiger partial charge in [0.15, 0.2) is 0 Å². The van der Waals surface area contributed by atoms with Gasteiger partial charge in [0.2, 0.25) is 0 Å². The summed E-state index contributed by atoms with van der Waals surface area (Å²) in [5.41, 5.74) is 0.254. The van der Waals surface area contributed by atoms with Crippen LogP contribution < -0.4 is 18.9 Å². The van der Waals surface area contributed by atoms with E-state index < -0.39 is 41.1 Å². The van der Waals surface area contributed by atoms with Crippen molar-refractivity contribution in [1.82, 2.24) is 0 Å². The monoisotopic (exact) mass is 646 g/mol. The van der Waals surface area contributed by atoms with Crippen LogP contribution in [0.5, 0.6) is 46.0 Å². The Kier molecular flexibility index (Phi) is 9.60. The first-order valence-corrected chi connectivity index (χ1v) is 13.8. The molecule has 0 fully saturated rings. The van der Waals surface area contributed by atoms with Crippen LogP contribution in [0.25, 0.3) is 0 Å². The van der Waals surface area contributed by atoms with Crippen molar-refractivity contribution in [2.75, 3.05) is 14.2 Å². The Morgan fingerprint density at radius 3 is 0.936 bits per heavy atom. The molecule has 0 saturated heterocycles. The molecule has 0 unspecified atom stereocenters. The Balaban J connectivity index is 1.51. The minimum atomic E-state index is -1.02. The predicted molar refractivity (Wildman–Crippen MR) is 164 cm³/mol. The van der Waals surface area contributed by atoms with E-state index in [0.717, 1.165) is 25.3 Å². The summed E-state index contributed by atoms with van der Waals surface area (Å²) in [6.07, 6.45) is 0. The number of phenolic OH excluding ortho intramolecular Hbond substituents is 4. The van der Waals surface area contributed by atoms with Crippen LogP contribution in [-0.4, -0.2) is 58.5 Å². The molecular formula is C34H30O13. The third-order valence-electron chi connectivity index (χ3n) is 7.02. The van der Waals surface area contributed by atoms with E-state index >= 15 is 0 Å². The third-order valence-corrected chi connectivity index (χ3v) is 7.02. The van der Waals surface area contributed by atoms with Gasteiger partial charge in [0.1, 0.15) is 68.2 Å². The van der Waals surface area contributed by atoms with Gasteiger partial charge in [0.05, 0.1) is 14.2 Å². The van der Waals surface area contributed by atoms with Crippen LogP contribution in [0.2, 0.25) is 0 Å². The van der Waals surface area contributed by atoms with E-state index in [2.05, 4.69) is 4.74 Å². The van der Waals surface area contributed by atoms with Crippen molar-refractivity contribution >= 4 is 23.9 Å². The molecule has 0 aliphatic carbocycles. The molecule has 0 radical (unpaired) electrons. The largest absolute Gasteiger partial charge is 0.507 e. The lowest BCUT2D eigenvalue weighted by molar-refractivity contribution is 0.0595. The average Bonchev–Trinajstić information content (AvgIpc) is 2.95. The highest BCUT2D eigenvalue weighted by atomic mass is 16.5. The number of methoxy groups -OCH3 is 2. The zero-order valence-corrected chi connectivity index (χ0v) is 26.1. The van der Waals surface area contributed by atoms with E-state index in [4.69, 9.17) is 18.9 Å². The minimum Gasteiger partial charge on any atom is -0.507 e. The highest BCUT2D eigenvalue weighted by molar-refractivity contribution is 5.99. The predicted octanol–water partition coefficient (Wildman–Crippen LogP) is 5.20. The lowest BCUT2D eigenvalue weighted by atomic mass is 10.1. The Hall–Kier alpha value is -6.24. The lowest BCUT2D eigenvalue weighted by Gasteiger charge is -2.14. The summed E-state index contributed by atoms with van der Waals surface area (Å²) in [6.45, 7) is 5.99. The number of carbonyl (C=O) groups is 4. The van der Waals surface area contributed by atoms with Gasteiger partial charge in [0.25, 0.3) is 0 Å². The number of aromatic hydroxyl groups is 4. The van der Waals surface area contributed by atoms with Crippen molar-refractivity contribution in [3.63, 3.8) is 0 Å². The van der Waals surface area contributed by atoms with Gasteiger partial charge in [-0.05, 0) is 74.2 Å².